The lowest BCUT2D eigenvalue weighted by Gasteiger charge is -2.23. The first-order chi connectivity index (χ1) is 7.97. The van der Waals surface area contributed by atoms with Crippen molar-refractivity contribution in [3.8, 4) is 0 Å². The number of rotatable bonds is 5. The molecule has 17 heavy (non-hydrogen) atoms. The highest BCUT2D eigenvalue weighted by Gasteiger charge is 2.20. The maximum Gasteiger partial charge on any atom is 0.137 e. The van der Waals surface area contributed by atoms with Gasteiger partial charge in [-0.25, -0.2) is 8.78 Å². The molecular weight excluding hydrogens is 288 g/mol. The Morgan fingerprint density at radius 2 is 1.88 bits per heavy atom. The quantitative estimate of drug-likeness (QED) is 0.794. The monoisotopic (exact) mass is 305 g/mol. The number of hydrogen-bond donors (Lipinski definition) is 1. The van der Waals surface area contributed by atoms with Crippen LogP contribution in [0, 0.1) is 17.6 Å². The maximum absolute atomic E-state index is 13.8. The molecule has 1 N–H and O–H groups in total. The van der Waals surface area contributed by atoms with Crippen molar-refractivity contribution in [2.45, 2.75) is 33.2 Å². The summed E-state index contributed by atoms with van der Waals surface area (Å²) in [7, 11) is 0. The van der Waals surface area contributed by atoms with Crippen LogP contribution in [0.5, 0.6) is 0 Å². The van der Waals surface area contributed by atoms with Crippen molar-refractivity contribution in [3.05, 3.63) is 33.8 Å². The van der Waals surface area contributed by atoms with E-state index < -0.39 is 5.82 Å². The second kappa shape index (κ2) is 6.45. The summed E-state index contributed by atoms with van der Waals surface area (Å²) < 4.78 is 27.5. The van der Waals surface area contributed by atoms with Crippen LogP contribution in [0.25, 0.3) is 0 Å². The van der Waals surface area contributed by atoms with Crippen LogP contribution in [0.4, 0.5) is 8.78 Å². The molecule has 0 aliphatic rings. The Hall–Kier alpha value is -0.480. The van der Waals surface area contributed by atoms with E-state index in [2.05, 4.69) is 21.2 Å². The highest BCUT2D eigenvalue weighted by molar-refractivity contribution is 9.10. The fourth-order valence-corrected chi connectivity index (χ4v) is 2.10. The molecule has 1 aromatic carbocycles. The standard InChI is InChI=1S/C13H18BrF2N/c1-4-5-17-13(8(2)3)9-6-12(16)10(14)7-11(9)15/h6-8,13,17H,4-5H2,1-3H3. The fourth-order valence-electron chi connectivity index (χ4n) is 1.78. The lowest BCUT2D eigenvalue weighted by atomic mass is 9.95. The third-order valence-corrected chi connectivity index (χ3v) is 3.26. The molecule has 0 bridgehead atoms. The summed E-state index contributed by atoms with van der Waals surface area (Å²) in [6, 6.07) is 2.30. The molecular formula is C13H18BrF2N. The van der Waals surface area contributed by atoms with E-state index in [1.807, 2.05) is 20.8 Å². The zero-order chi connectivity index (χ0) is 13.0. The highest BCUT2D eigenvalue weighted by atomic mass is 79.9. The van der Waals surface area contributed by atoms with Crippen molar-refractivity contribution in [2.75, 3.05) is 6.54 Å². The van der Waals surface area contributed by atoms with Crippen LogP contribution in [0.2, 0.25) is 0 Å². The lowest BCUT2D eigenvalue weighted by molar-refractivity contribution is 0.395. The van der Waals surface area contributed by atoms with Gasteiger partial charge in [-0.3, -0.25) is 0 Å². The van der Waals surface area contributed by atoms with Gasteiger partial charge in [0.05, 0.1) is 4.47 Å². The van der Waals surface area contributed by atoms with Crippen molar-refractivity contribution >= 4 is 15.9 Å². The molecule has 0 aliphatic heterocycles. The third-order valence-electron chi connectivity index (χ3n) is 2.66. The average Bonchev–Trinajstić information content (AvgIpc) is 2.25. The van der Waals surface area contributed by atoms with Crippen LogP contribution in [0.3, 0.4) is 0 Å². The molecule has 0 fully saturated rings. The Morgan fingerprint density at radius 3 is 2.41 bits per heavy atom. The molecule has 0 aromatic heterocycles. The third kappa shape index (κ3) is 3.75. The maximum atomic E-state index is 13.8. The fraction of sp³-hybridized carbons (Fsp3) is 0.538. The Bertz CT molecular complexity index is 380. The molecule has 1 aromatic rings. The van der Waals surface area contributed by atoms with E-state index in [4.69, 9.17) is 0 Å². The topological polar surface area (TPSA) is 12.0 Å². The van der Waals surface area contributed by atoms with Gasteiger partial charge in [0, 0.05) is 11.6 Å². The van der Waals surface area contributed by atoms with Crippen LogP contribution < -0.4 is 5.32 Å². The lowest BCUT2D eigenvalue weighted by Crippen LogP contribution is -2.27. The van der Waals surface area contributed by atoms with Gasteiger partial charge in [-0.2, -0.15) is 0 Å². The molecule has 0 spiro atoms. The Labute approximate surface area is 110 Å². The molecule has 1 nitrogen and oxygen atoms in total. The molecule has 0 saturated heterocycles. The van der Waals surface area contributed by atoms with Crippen LogP contribution in [-0.4, -0.2) is 6.54 Å². The van der Waals surface area contributed by atoms with Crippen molar-refractivity contribution in [2.24, 2.45) is 5.92 Å². The number of hydrogen-bond acceptors (Lipinski definition) is 1. The molecule has 0 saturated carbocycles. The van der Waals surface area contributed by atoms with Gasteiger partial charge in [0.15, 0.2) is 0 Å². The summed E-state index contributed by atoms with van der Waals surface area (Å²) in [5.74, 6) is -0.595. The minimum Gasteiger partial charge on any atom is -0.310 e. The number of nitrogens with one attached hydrogen (secondary N) is 1. The van der Waals surface area contributed by atoms with Gasteiger partial charge in [-0.1, -0.05) is 20.8 Å². The number of benzene rings is 1. The summed E-state index contributed by atoms with van der Waals surface area (Å²) in [6.45, 7) is 6.82. The molecule has 96 valence electrons. The first kappa shape index (κ1) is 14.6. The first-order valence-electron chi connectivity index (χ1n) is 5.85. The minimum absolute atomic E-state index is 0.155. The van der Waals surface area contributed by atoms with Gasteiger partial charge in [-0.05, 0) is 46.9 Å². The second-order valence-electron chi connectivity index (χ2n) is 4.46. The molecule has 0 amide bonds. The molecule has 4 heteroatoms. The molecule has 1 atom stereocenters. The van der Waals surface area contributed by atoms with Gasteiger partial charge in [-0.15, -0.1) is 0 Å². The zero-order valence-electron chi connectivity index (χ0n) is 10.4. The Balaban J connectivity index is 3.05. The van der Waals surface area contributed by atoms with Gasteiger partial charge in [0.2, 0.25) is 0 Å². The molecule has 0 aliphatic carbocycles. The highest BCUT2D eigenvalue weighted by Crippen LogP contribution is 2.28. The van der Waals surface area contributed by atoms with Crippen LogP contribution in [0.15, 0.2) is 16.6 Å². The minimum atomic E-state index is -0.426. The van der Waals surface area contributed by atoms with Gasteiger partial charge in [0.25, 0.3) is 0 Å². The predicted molar refractivity (Wildman–Crippen MR) is 69.9 cm³/mol. The van der Waals surface area contributed by atoms with E-state index in [-0.39, 0.29) is 22.2 Å². The van der Waals surface area contributed by atoms with Crippen molar-refractivity contribution < 1.29 is 8.78 Å². The summed E-state index contributed by atoms with van der Waals surface area (Å²) in [4.78, 5) is 0. The molecule has 0 radical (unpaired) electrons. The average molecular weight is 306 g/mol. The zero-order valence-corrected chi connectivity index (χ0v) is 11.9. The summed E-state index contributed by atoms with van der Waals surface area (Å²) >= 11 is 2.98. The van der Waals surface area contributed by atoms with E-state index in [0.29, 0.717) is 5.56 Å². The van der Waals surface area contributed by atoms with E-state index in [9.17, 15) is 8.78 Å². The van der Waals surface area contributed by atoms with E-state index >= 15 is 0 Å². The SMILES string of the molecule is CCCNC(c1cc(F)c(Br)cc1F)C(C)C. The van der Waals surface area contributed by atoms with Crippen molar-refractivity contribution in [1.82, 2.24) is 5.32 Å². The first-order valence-corrected chi connectivity index (χ1v) is 6.64. The Kier molecular flexibility index (Phi) is 5.53. The van der Waals surface area contributed by atoms with Crippen LogP contribution in [0.1, 0.15) is 38.8 Å². The van der Waals surface area contributed by atoms with E-state index in [1.165, 1.54) is 12.1 Å². The Morgan fingerprint density at radius 1 is 1.24 bits per heavy atom. The normalized spacial score (nSPS) is 13.1. The van der Waals surface area contributed by atoms with E-state index in [1.54, 1.807) is 0 Å². The van der Waals surface area contributed by atoms with Gasteiger partial charge >= 0.3 is 0 Å². The second-order valence-corrected chi connectivity index (χ2v) is 5.32. The summed E-state index contributed by atoms with van der Waals surface area (Å²) in [5, 5.41) is 3.25. The predicted octanol–water partition coefficient (Wildman–Crippen LogP) is 4.42. The van der Waals surface area contributed by atoms with Crippen LogP contribution >= 0.6 is 15.9 Å². The van der Waals surface area contributed by atoms with Gasteiger partial charge in [0.1, 0.15) is 11.6 Å². The van der Waals surface area contributed by atoms with Crippen molar-refractivity contribution in [1.29, 1.82) is 0 Å². The smallest absolute Gasteiger partial charge is 0.137 e. The molecule has 0 heterocycles. The summed E-state index contributed by atoms with van der Waals surface area (Å²) in [6.07, 6.45) is 0.962. The van der Waals surface area contributed by atoms with Crippen molar-refractivity contribution in [3.63, 3.8) is 0 Å². The number of halogens is 3. The van der Waals surface area contributed by atoms with Gasteiger partial charge < -0.3 is 5.32 Å². The van der Waals surface area contributed by atoms with Crippen LogP contribution in [-0.2, 0) is 0 Å². The van der Waals surface area contributed by atoms with E-state index in [0.717, 1.165) is 13.0 Å². The largest absolute Gasteiger partial charge is 0.310 e. The summed E-state index contributed by atoms with van der Waals surface area (Å²) in [5.41, 5.74) is 0.397. The molecule has 1 unspecified atom stereocenters. The molecule has 1 rings (SSSR count).